The lowest BCUT2D eigenvalue weighted by molar-refractivity contribution is -0.388. The number of nitro benzene ring substituents is 1. The minimum atomic E-state index is -4.80. The maximum absolute atomic E-state index is 12.8. The Morgan fingerprint density at radius 1 is 1.50 bits per heavy atom. The highest BCUT2D eigenvalue weighted by molar-refractivity contribution is 5.56. The largest absolute Gasteiger partial charge is 0.423 e. The third kappa shape index (κ3) is 3.88. The molecule has 7 heteroatoms. The lowest BCUT2D eigenvalue weighted by Crippen LogP contribution is -2.17. The lowest BCUT2D eigenvalue weighted by Gasteiger charge is -2.15. The second-order valence-corrected chi connectivity index (χ2v) is 4.14. The van der Waals surface area contributed by atoms with Crippen molar-refractivity contribution in [3.63, 3.8) is 0 Å². The Labute approximate surface area is 114 Å². The molecule has 0 heterocycles. The molecule has 0 aliphatic rings. The van der Waals surface area contributed by atoms with Crippen molar-refractivity contribution in [2.45, 2.75) is 32.0 Å². The third-order valence-corrected chi connectivity index (χ3v) is 2.62. The lowest BCUT2D eigenvalue weighted by atomic mass is 10.1. The summed E-state index contributed by atoms with van der Waals surface area (Å²) in [6.45, 7) is 1.89. The molecule has 0 spiro atoms. The number of halogens is 3. The van der Waals surface area contributed by atoms with Crippen LogP contribution in [0.25, 0.3) is 0 Å². The van der Waals surface area contributed by atoms with Crippen molar-refractivity contribution in [1.82, 2.24) is 0 Å². The highest BCUT2D eigenvalue weighted by atomic mass is 19.4. The summed E-state index contributed by atoms with van der Waals surface area (Å²) < 4.78 is 38.4. The first kappa shape index (κ1) is 15.8. The monoisotopic (exact) mass is 286 g/mol. The Bertz CT molecular complexity index is 535. The first-order valence-electron chi connectivity index (χ1n) is 5.88. The van der Waals surface area contributed by atoms with Crippen LogP contribution < -0.4 is 5.32 Å². The number of alkyl halides is 3. The van der Waals surface area contributed by atoms with Crippen molar-refractivity contribution in [3.05, 3.63) is 33.9 Å². The summed E-state index contributed by atoms with van der Waals surface area (Å²) in [7, 11) is 0. The quantitative estimate of drug-likeness (QED) is 0.508. The van der Waals surface area contributed by atoms with E-state index in [-0.39, 0.29) is 5.69 Å². The van der Waals surface area contributed by atoms with Crippen molar-refractivity contribution >= 4 is 11.4 Å². The molecule has 4 nitrogen and oxygen atoms in total. The van der Waals surface area contributed by atoms with Gasteiger partial charge in [-0.1, -0.05) is 19.3 Å². The number of terminal acetylenes is 1. The Morgan fingerprint density at radius 3 is 2.60 bits per heavy atom. The zero-order valence-electron chi connectivity index (χ0n) is 10.7. The van der Waals surface area contributed by atoms with Gasteiger partial charge >= 0.3 is 6.18 Å². The Balaban J connectivity index is 3.14. The number of rotatable bonds is 5. The van der Waals surface area contributed by atoms with Crippen LogP contribution in [0.2, 0.25) is 0 Å². The average molecular weight is 286 g/mol. The van der Waals surface area contributed by atoms with Gasteiger partial charge < -0.3 is 5.32 Å². The predicted molar refractivity (Wildman–Crippen MR) is 69.3 cm³/mol. The molecule has 0 bridgehead atoms. The van der Waals surface area contributed by atoms with Crippen LogP contribution in [0.5, 0.6) is 0 Å². The van der Waals surface area contributed by atoms with E-state index in [2.05, 4.69) is 11.2 Å². The zero-order chi connectivity index (χ0) is 15.3. The molecule has 1 rings (SSSR count). The van der Waals surface area contributed by atoms with Crippen molar-refractivity contribution in [2.24, 2.45) is 0 Å². The van der Waals surface area contributed by atoms with Gasteiger partial charge in [0.15, 0.2) is 0 Å². The van der Waals surface area contributed by atoms with Gasteiger partial charge in [0.2, 0.25) is 0 Å². The van der Waals surface area contributed by atoms with E-state index < -0.39 is 28.4 Å². The van der Waals surface area contributed by atoms with Gasteiger partial charge in [0.1, 0.15) is 5.56 Å². The zero-order valence-corrected chi connectivity index (χ0v) is 10.7. The Hall–Kier alpha value is -2.23. The number of nitrogens with zero attached hydrogens (tertiary/aromatic N) is 1. The van der Waals surface area contributed by atoms with Gasteiger partial charge in [-0.2, -0.15) is 13.2 Å². The number of hydrogen-bond acceptors (Lipinski definition) is 3. The number of hydrogen-bond donors (Lipinski definition) is 1. The van der Waals surface area contributed by atoms with Crippen molar-refractivity contribution in [2.75, 3.05) is 5.32 Å². The van der Waals surface area contributed by atoms with E-state index in [1.54, 1.807) is 0 Å². The summed E-state index contributed by atoms with van der Waals surface area (Å²) in [5.74, 6) is 2.42. The molecule has 108 valence electrons. The van der Waals surface area contributed by atoms with Crippen LogP contribution in [0, 0.1) is 22.5 Å². The highest BCUT2D eigenvalue weighted by Gasteiger charge is 2.38. The number of benzene rings is 1. The van der Waals surface area contributed by atoms with E-state index in [0.29, 0.717) is 12.5 Å². The van der Waals surface area contributed by atoms with Crippen molar-refractivity contribution < 1.29 is 18.1 Å². The van der Waals surface area contributed by atoms with Crippen molar-refractivity contribution in [3.8, 4) is 12.3 Å². The molecule has 0 saturated carbocycles. The molecule has 0 saturated heterocycles. The fraction of sp³-hybridized carbons (Fsp3) is 0.385. The minimum Gasteiger partial charge on any atom is -0.372 e. The molecule has 0 aliphatic heterocycles. The second kappa shape index (κ2) is 6.28. The summed E-state index contributed by atoms with van der Waals surface area (Å²) in [6, 6.07) is 2.33. The van der Waals surface area contributed by atoms with E-state index in [4.69, 9.17) is 6.42 Å². The minimum absolute atomic E-state index is 0.110. The predicted octanol–water partition coefficient (Wildman–Crippen LogP) is 3.83. The van der Waals surface area contributed by atoms with Crippen LogP contribution in [0.3, 0.4) is 0 Å². The van der Waals surface area contributed by atoms with Gasteiger partial charge in [0, 0.05) is 11.8 Å². The average Bonchev–Trinajstić information content (AvgIpc) is 2.36. The number of anilines is 1. The van der Waals surface area contributed by atoms with Gasteiger partial charge in [0.05, 0.1) is 11.0 Å². The molecule has 1 N–H and O–H groups in total. The first-order chi connectivity index (χ1) is 9.29. The van der Waals surface area contributed by atoms with Gasteiger partial charge in [0.25, 0.3) is 5.69 Å². The highest BCUT2D eigenvalue weighted by Crippen LogP contribution is 2.37. The van der Waals surface area contributed by atoms with Crippen molar-refractivity contribution in [1.29, 1.82) is 0 Å². The van der Waals surface area contributed by atoms with E-state index in [1.165, 1.54) is 6.07 Å². The molecular weight excluding hydrogens is 273 g/mol. The van der Waals surface area contributed by atoms with Gasteiger partial charge in [-0.25, -0.2) is 0 Å². The van der Waals surface area contributed by atoms with Crippen LogP contribution in [0.1, 0.15) is 25.3 Å². The molecule has 1 atom stereocenters. The molecule has 1 aromatic rings. The Morgan fingerprint density at radius 2 is 2.15 bits per heavy atom. The summed E-state index contributed by atoms with van der Waals surface area (Å²) in [5.41, 5.74) is -2.16. The summed E-state index contributed by atoms with van der Waals surface area (Å²) >= 11 is 0. The molecule has 1 unspecified atom stereocenters. The van der Waals surface area contributed by atoms with Gasteiger partial charge in [-0.15, -0.1) is 6.42 Å². The van der Waals surface area contributed by atoms with Crippen LogP contribution in [0.4, 0.5) is 24.5 Å². The van der Waals surface area contributed by atoms with Crippen LogP contribution in [-0.4, -0.2) is 11.0 Å². The molecule has 1 aromatic carbocycles. The standard InChI is InChI=1S/C13H13F3N2O2/c1-3-5-9(4-2)17-10-6-7-12(18(19)20)11(8-10)13(14,15)16/h2,6-9,17H,3,5H2,1H3. The van der Waals surface area contributed by atoms with Crippen LogP contribution in [-0.2, 0) is 6.18 Å². The molecule has 0 aliphatic carbocycles. The van der Waals surface area contributed by atoms with Crippen LogP contribution >= 0.6 is 0 Å². The summed E-state index contributed by atoms with van der Waals surface area (Å²) in [4.78, 5) is 9.56. The van der Waals surface area contributed by atoms with E-state index >= 15 is 0 Å². The second-order valence-electron chi connectivity index (χ2n) is 4.14. The summed E-state index contributed by atoms with van der Waals surface area (Å²) in [6.07, 6.45) is 1.83. The smallest absolute Gasteiger partial charge is 0.372 e. The fourth-order valence-corrected chi connectivity index (χ4v) is 1.70. The van der Waals surface area contributed by atoms with Gasteiger partial charge in [-0.05, 0) is 18.6 Å². The van der Waals surface area contributed by atoms with Gasteiger partial charge in [-0.3, -0.25) is 10.1 Å². The maximum atomic E-state index is 12.8. The van der Waals surface area contributed by atoms with E-state index in [1.807, 2.05) is 6.92 Å². The maximum Gasteiger partial charge on any atom is 0.423 e. The molecule has 0 radical (unpaired) electrons. The topological polar surface area (TPSA) is 55.2 Å². The fourth-order valence-electron chi connectivity index (χ4n) is 1.70. The molecule has 0 fully saturated rings. The summed E-state index contributed by atoms with van der Waals surface area (Å²) in [5, 5.41) is 13.4. The number of nitro groups is 1. The SMILES string of the molecule is C#CC(CCC)Nc1ccc([N+](=O)[O-])c(C(F)(F)F)c1. The Kier molecular flexibility index (Phi) is 4.97. The van der Waals surface area contributed by atoms with Crippen LogP contribution in [0.15, 0.2) is 18.2 Å². The normalized spacial score (nSPS) is 12.6. The molecule has 0 aromatic heterocycles. The molecule has 20 heavy (non-hydrogen) atoms. The van der Waals surface area contributed by atoms with E-state index in [9.17, 15) is 23.3 Å². The first-order valence-corrected chi connectivity index (χ1v) is 5.88. The molecular formula is C13H13F3N2O2. The molecule has 0 amide bonds. The van der Waals surface area contributed by atoms with E-state index in [0.717, 1.165) is 12.5 Å². The number of nitrogens with one attached hydrogen (secondary N) is 1. The third-order valence-electron chi connectivity index (χ3n) is 2.62.